The summed E-state index contributed by atoms with van der Waals surface area (Å²) in [5, 5.41) is 31.6. The summed E-state index contributed by atoms with van der Waals surface area (Å²) in [6.07, 6.45) is 0. The van der Waals surface area contributed by atoms with Crippen molar-refractivity contribution in [1.29, 1.82) is 0 Å². The van der Waals surface area contributed by atoms with Crippen molar-refractivity contribution in [2.24, 2.45) is 0 Å². The molecule has 0 atom stereocenters. The predicted octanol–water partition coefficient (Wildman–Crippen LogP) is 2.27. The van der Waals surface area contributed by atoms with Gasteiger partial charge in [0.1, 0.15) is 5.69 Å². The number of hydrogen-bond acceptors (Lipinski definition) is 5. The van der Waals surface area contributed by atoms with Gasteiger partial charge in [-0.3, -0.25) is 4.63 Å². The predicted molar refractivity (Wildman–Crippen MR) is 74.2 cm³/mol. The van der Waals surface area contributed by atoms with Crippen molar-refractivity contribution in [3.63, 3.8) is 0 Å². The Bertz CT molecular complexity index is 774. The first kappa shape index (κ1) is 12.4. The first-order chi connectivity index (χ1) is 9.65. The van der Waals surface area contributed by atoms with Crippen molar-refractivity contribution in [1.82, 2.24) is 15.2 Å². The molecule has 2 aliphatic rings. The van der Waals surface area contributed by atoms with Crippen LogP contribution in [0.1, 0.15) is 0 Å². The Labute approximate surface area is 117 Å². The number of anilines is 2. The third-order valence-corrected chi connectivity index (χ3v) is 3.01. The summed E-state index contributed by atoms with van der Waals surface area (Å²) < 4.78 is 4.71. The van der Waals surface area contributed by atoms with E-state index in [0.29, 0.717) is 16.4 Å². The van der Waals surface area contributed by atoms with E-state index in [4.69, 9.17) is 16.2 Å². The fourth-order valence-corrected chi connectivity index (χ4v) is 1.96. The Hall–Kier alpha value is -2.67. The highest BCUT2D eigenvalue weighted by Gasteiger charge is 2.18. The molecule has 102 valence electrons. The molecule has 0 spiro atoms. The number of H-pyrrole nitrogens is 1. The molecule has 1 aliphatic carbocycles. The van der Waals surface area contributed by atoms with E-state index in [1.165, 1.54) is 6.07 Å². The zero-order valence-electron chi connectivity index (χ0n) is 9.96. The quantitative estimate of drug-likeness (QED) is 0.705. The fraction of sp³-hybridized carbons (Fsp3) is 0. The van der Waals surface area contributed by atoms with Crippen LogP contribution in [0, 0.1) is 10.4 Å². The van der Waals surface area contributed by atoms with Crippen LogP contribution in [-0.2, 0) is 0 Å². The van der Waals surface area contributed by atoms with Gasteiger partial charge in [0, 0.05) is 16.8 Å². The molecule has 1 aromatic carbocycles. The van der Waals surface area contributed by atoms with Gasteiger partial charge in [-0.15, -0.1) is 0 Å². The molecule has 0 fully saturated rings. The lowest BCUT2D eigenvalue weighted by atomic mass is 10.1. The van der Waals surface area contributed by atoms with Gasteiger partial charge >= 0.3 is 0 Å². The van der Waals surface area contributed by atoms with Crippen molar-refractivity contribution >= 4 is 23.0 Å². The summed E-state index contributed by atoms with van der Waals surface area (Å²) in [7, 11) is 0. The molecule has 7 nitrogen and oxygen atoms in total. The number of aromatic amines is 1. The van der Waals surface area contributed by atoms with E-state index in [-0.39, 0.29) is 11.1 Å². The van der Waals surface area contributed by atoms with E-state index < -0.39 is 4.90 Å². The van der Waals surface area contributed by atoms with E-state index in [1.807, 2.05) is 0 Å². The van der Waals surface area contributed by atoms with E-state index in [1.54, 1.807) is 30.3 Å². The minimum absolute atomic E-state index is 0.119. The monoisotopic (exact) mass is 291 g/mol. The highest BCUT2D eigenvalue weighted by molar-refractivity contribution is 6.30. The minimum Gasteiger partial charge on any atom is -0.612 e. The van der Waals surface area contributed by atoms with Crippen LogP contribution in [0.3, 0.4) is 0 Å². The van der Waals surface area contributed by atoms with Crippen LogP contribution in [0.15, 0.2) is 41.0 Å². The fourth-order valence-electron chi connectivity index (χ4n) is 1.83. The molecule has 20 heavy (non-hydrogen) atoms. The van der Waals surface area contributed by atoms with E-state index >= 15 is 0 Å². The van der Waals surface area contributed by atoms with Gasteiger partial charge in [-0.1, -0.05) is 11.6 Å². The molecule has 0 radical (unpaired) electrons. The van der Waals surface area contributed by atoms with Crippen molar-refractivity contribution in [3.05, 3.63) is 57.2 Å². The number of rotatable bonds is 2. The molecule has 0 aromatic heterocycles. The molecule has 2 N–H and O–H groups in total. The number of benzene rings is 2. The van der Waals surface area contributed by atoms with Crippen LogP contribution in [0.2, 0.25) is 5.02 Å². The average molecular weight is 292 g/mol. The van der Waals surface area contributed by atoms with Crippen molar-refractivity contribution < 1.29 is 4.63 Å². The summed E-state index contributed by atoms with van der Waals surface area (Å²) in [4.78, 5) is -0.509. The molecule has 0 saturated carbocycles. The van der Waals surface area contributed by atoms with Crippen LogP contribution in [0.4, 0.5) is 11.4 Å². The average Bonchev–Trinajstić information content (AvgIpc) is 2.91. The Morgan fingerprint density at radius 1 is 1.15 bits per heavy atom. The Kier molecular flexibility index (Phi) is 2.96. The second-order valence-electron chi connectivity index (χ2n) is 4.03. The molecule has 3 rings (SSSR count). The smallest absolute Gasteiger partial charge is 0.254 e. The number of nitrogens with one attached hydrogen (secondary N) is 2. The molecule has 0 saturated heterocycles. The van der Waals surface area contributed by atoms with E-state index in [9.17, 15) is 10.4 Å². The van der Waals surface area contributed by atoms with Gasteiger partial charge in [0.05, 0.1) is 5.69 Å². The maximum Gasteiger partial charge on any atom is 0.254 e. The Morgan fingerprint density at radius 3 is 2.60 bits per heavy atom. The number of nitrogens with zero attached hydrogens (tertiary/aromatic N) is 2. The topological polar surface area (TPSA) is 103 Å². The standard InChI is InChI=1S/C12H8ClN4O3/c13-7-1-3-8(4-2-7)14-9-5-6-10(17(18)19)12-11(9)15-20-16-12/h1-6,14-15H/q-1. The molecule has 1 aliphatic heterocycles. The third kappa shape index (κ3) is 2.14. The normalized spacial score (nSPS) is 10.7. The van der Waals surface area contributed by atoms with E-state index in [2.05, 4.69) is 15.6 Å². The summed E-state index contributed by atoms with van der Waals surface area (Å²) in [6, 6.07) is 10.0. The van der Waals surface area contributed by atoms with Gasteiger partial charge in [0.15, 0.2) is 0 Å². The second-order valence-corrected chi connectivity index (χ2v) is 4.47. The first-order valence-electron chi connectivity index (χ1n) is 5.62. The zero-order valence-corrected chi connectivity index (χ0v) is 10.7. The largest absolute Gasteiger partial charge is 0.612 e. The van der Waals surface area contributed by atoms with Gasteiger partial charge < -0.3 is 15.7 Å². The molecule has 8 heteroatoms. The van der Waals surface area contributed by atoms with Gasteiger partial charge in [0.2, 0.25) is 5.69 Å². The molecular formula is C12H8ClN4O3-. The first-order valence-corrected chi connectivity index (χ1v) is 6.00. The maximum atomic E-state index is 10.9. The van der Waals surface area contributed by atoms with E-state index in [0.717, 1.165) is 5.69 Å². The van der Waals surface area contributed by atoms with Crippen LogP contribution in [0.25, 0.3) is 11.4 Å². The lowest BCUT2D eigenvalue weighted by Gasteiger charge is -2.09. The number of fused-ring (bicyclic) bond motifs is 1. The van der Waals surface area contributed by atoms with Gasteiger partial charge in [-0.2, -0.15) is 10.1 Å². The number of halogens is 1. The lowest BCUT2D eigenvalue weighted by molar-refractivity contribution is 0.312. The third-order valence-electron chi connectivity index (χ3n) is 2.76. The minimum atomic E-state index is -0.509. The Balaban J connectivity index is 2.05. The van der Waals surface area contributed by atoms with Crippen LogP contribution < -0.4 is 15.6 Å². The molecule has 1 aromatic rings. The summed E-state index contributed by atoms with van der Waals surface area (Å²) in [6.45, 7) is 0. The van der Waals surface area contributed by atoms with Crippen LogP contribution in [-0.4, -0.2) is 10.3 Å². The second kappa shape index (κ2) is 4.78. The molecule has 0 bridgehead atoms. The van der Waals surface area contributed by atoms with Crippen molar-refractivity contribution in [2.75, 3.05) is 5.32 Å². The SMILES string of the molecule is [O-][N+]([O-])=c1ccc(Nc2ccc(Cl)cc2)c2[nH]onc1-2. The molecule has 0 unspecified atom stereocenters. The number of aromatic nitrogens is 2. The van der Waals surface area contributed by atoms with Gasteiger partial charge in [-0.25, -0.2) is 0 Å². The summed E-state index contributed by atoms with van der Waals surface area (Å²) >= 11 is 5.81. The lowest BCUT2D eigenvalue weighted by Crippen LogP contribution is -2.21. The number of hydrogen-bond donors (Lipinski definition) is 2. The van der Waals surface area contributed by atoms with Crippen LogP contribution >= 0.6 is 11.6 Å². The molecule has 0 amide bonds. The maximum absolute atomic E-state index is 10.9. The molecular weight excluding hydrogens is 284 g/mol. The van der Waals surface area contributed by atoms with Gasteiger partial charge in [0.25, 0.3) is 5.36 Å². The van der Waals surface area contributed by atoms with Crippen LogP contribution in [0.5, 0.6) is 0 Å². The zero-order chi connectivity index (χ0) is 14.1. The van der Waals surface area contributed by atoms with Crippen molar-refractivity contribution in [2.45, 2.75) is 0 Å². The Morgan fingerprint density at radius 2 is 1.90 bits per heavy atom. The summed E-state index contributed by atoms with van der Waals surface area (Å²) in [5.74, 6) is 0. The van der Waals surface area contributed by atoms with Gasteiger partial charge in [-0.05, 0) is 35.5 Å². The highest BCUT2D eigenvalue weighted by Crippen LogP contribution is 2.26. The van der Waals surface area contributed by atoms with Crippen molar-refractivity contribution in [3.8, 4) is 11.4 Å². The highest BCUT2D eigenvalue weighted by atomic mass is 35.5. The summed E-state index contributed by atoms with van der Waals surface area (Å²) in [5.41, 5.74) is 2.00. The molecule has 1 heterocycles.